The van der Waals surface area contributed by atoms with Gasteiger partial charge in [0.1, 0.15) is 12.4 Å². The molecule has 17 heavy (non-hydrogen) atoms. The van der Waals surface area contributed by atoms with Crippen LogP contribution in [0.1, 0.15) is 18.9 Å². The molecular weight excluding hydrogens is 214 g/mol. The molecule has 3 heteroatoms. The van der Waals surface area contributed by atoms with Crippen LogP contribution in [0.4, 0.5) is 0 Å². The summed E-state index contributed by atoms with van der Waals surface area (Å²) >= 11 is 0. The van der Waals surface area contributed by atoms with Crippen molar-refractivity contribution >= 4 is 0 Å². The number of rotatable bonds is 8. The maximum atomic E-state index is 9.08. The highest BCUT2D eigenvalue weighted by Gasteiger charge is 2.03. The molecule has 0 fully saturated rings. The third-order valence-corrected chi connectivity index (χ3v) is 2.57. The van der Waals surface area contributed by atoms with Gasteiger partial charge in [-0.25, -0.2) is 0 Å². The topological polar surface area (TPSA) is 41.5 Å². The first-order valence-corrected chi connectivity index (χ1v) is 5.97. The molecule has 0 unspecified atom stereocenters. The molecule has 1 atom stereocenters. The molecule has 0 aliphatic rings. The van der Waals surface area contributed by atoms with Crippen LogP contribution < -0.4 is 10.1 Å². The Morgan fingerprint density at radius 2 is 2.35 bits per heavy atom. The van der Waals surface area contributed by atoms with E-state index in [-0.39, 0.29) is 12.6 Å². The Balaban J connectivity index is 2.50. The number of hydrogen-bond donors (Lipinski definition) is 2. The van der Waals surface area contributed by atoms with Crippen molar-refractivity contribution in [2.45, 2.75) is 25.9 Å². The molecule has 0 aromatic heterocycles. The molecule has 1 aromatic carbocycles. The molecule has 0 saturated heterocycles. The first kappa shape index (κ1) is 13.7. The molecule has 0 spiro atoms. The van der Waals surface area contributed by atoms with Crippen LogP contribution in [-0.2, 0) is 6.54 Å². The SMILES string of the molecule is C=CCOc1cccc(CN[C@@H](CC)CO)c1. The lowest BCUT2D eigenvalue weighted by molar-refractivity contribution is 0.238. The fourth-order valence-electron chi connectivity index (χ4n) is 1.50. The minimum atomic E-state index is 0.160. The van der Waals surface area contributed by atoms with Crippen molar-refractivity contribution in [3.05, 3.63) is 42.5 Å². The van der Waals surface area contributed by atoms with E-state index < -0.39 is 0 Å². The lowest BCUT2D eigenvalue weighted by Gasteiger charge is -2.14. The molecule has 0 bridgehead atoms. The smallest absolute Gasteiger partial charge is 0.120 e. The fourth-order valence-corrected chi connectivity index (χ4v) is 1.50. The average Bonchev–Trinajstić information content (AvgIpc) is 2.38. The van der Waals surface area contributed by atoms with Crippen LogP contribution >= 0.6 is 0 Å². The summed E-state index contributed by atoms with van der Waals surface area (Å²) in [4.78, 5) is 0. The Morgan fingerprint density at radius 3 is 3.00 bits per heavy atom. The van der Waals surface area contributed by atoms with Crippen LogP contribution in [0.25, 0.3) is 0 Å². The average molecular weight is 235 g/mol. The normalized spacial score (nSPS) is 12.1. The Kier molecular flexibility index (Phi) is 6.37. The zero-order valence-electron chi connectivity index (χ0n) is 10.4. The van der Waals surface area contributed by atoms with E-state index >= 15 is 0 Å². The van der Waals surface area contributed by atoms with Gasteiger partial charge in [0, 0.05) is 12.6 Å². The lowest BCUT2D eigenvalue weighted by atomic mass is 10.2. The summed E-state index contributed by atoms with van der Waals surface area (Å²) in [5.41, 5.74) is 1.15. The Bertz CT molecular complexity index is 335. The van der Waals surface area contributed by atoms with Gasteiger partial charge in [0.05, 0.1) is 6.61 Å². The standard InChI is InChI=1S/C14H21NO2/c1-3-8-17-14-7-5-6-12(9-14)10-15-13(4-2)11-16/h3,5-7,9,13,15-16H,1,4,8,10-11H2,2H3/t13-/m0/s1. The Hall–Kier alpha value is -1.32. The Labute approximate surface area is 103 Å². The minimum Gasteiger partial charge on any atom is -0.490 e. The van der Waals surface area contributed by atoms with Crippen LogP contribution in [0.5, 0.6) is 5.75 Å². The van der Waals surface area contributed by atoms with Crippen molar-refractivity contribution in [1.29, 1.82) is 0 Å². The third kappa shape index (κ3) is 5.02. The summed E-state index contributed by atoms with van der Waals surface area (Å²) < 4.78 is 5.46. The van der Waals surface area contributed by atoms with Crippen molar-refractivity contribution in [2.24, 2.45) is 0 Å². The van der Waals surface area contributed by atoms with E-state index in [1.54, 1.807) is 6.08 Å². The molecule has 1 rings (SSSR count). The highest BCUT2D eigenvalue weighted by Crippen LogP contribution is 2.13. The summed E-state index contributed by atoms with van der Waals surface area (Å²) in [5, 5.41) is 12.4. The van der Waals surface area contributed by atoms with E-state index in [9.17, 15) is 0 Å². The first-order valence-electron chi connectivity index (χ1n) is 5.97. The second-order valence-corrected chi connectivity index (χ2v) is 3.92. The van der Waals surface area contributed by atoms with E-state index in [0.717, 1.165) is 24.3 Å². The van der Waals surface area contributed by atoms with Gasteiger partial charge in [-0.2, -0.15) is 0 Å². The molecular formula is C14H21NO2. The van der Waals surface area contributed by atoms with E-state index in [2.05, 4.69) is 18.8 Å². The van der Waals surface area contributed by atoms with Crippen molar-refractivity contribution < 1.29 is 9.84 Å². The van der Waals surface area contributed by atoms with E-state index in [1.165, 1.54) is 0 Å². The van der Waals surface area contributed by atoms with E-state index in [4.69, 9.17) is 9.84 Å². The minimum absolute atomic E-state index is 0.160. The van der Waals surface area contributed by atoms with Crippen LogP contribution in [0.2, 0.25) is 0 Å². The third-order valence-electron chi connectivity index (χ3n) is 2.57. The maximum Gasteiger partial charge on any atom is 0.120 e. The van der Waals surface area contributed by atoms with Gasteiger partial charge in [-0.05, 0) is 24.1 Å². The second-order valence-electron chi connectivity index (χ2n) is 3.92. The second kappa shape index (κ2) is 7.87. The molecule has 0 heterocycles. The monoisotopic (exact) mass is 235 g/mol. The van der Waals surface area contributed by atoms with Gasteiger partial charge in [0.2, 0.25) is 0 Å². The summed E-state index contributed by atoms with van der Waals surface area (Å²) in [5.74, 6) is 0.848. The molecule has 94 valence electrons. The molecule has 2 N–H and O–H groups in total. The van der Waals surface area contributed by atoms with Crippen molar-refractivity contribution in [3.8, 4) is 5.75 Å². The number of aliphatic hydroxyl groups excluding tert-OH is 1. The number of hydrogen-bond acceptors (Lipinski definition) is 3. The van der Waals surface area contributed by atoms with Gasteiger partial charge in [0.25, 0.3) is 0 Å². The summed E-state index contributed by atoms with van der Waals surface area (Å²) in [6, 6.07) is 8.09. The number of benzene rings is 1. The van der Waals surface area contributed by atoms with Gasteiger partial charge in [0.15, 0.2) is 0 Å². The molecule has 0 amide bonds. The zero-order valence-corrected chi connectivity index (χ0v) is 10.4. The highest BCUT2D eigenvalue weighted by molar-refractivity contribution is 5.28. The van der Waals surface area contributed by atoms with Crippen LogP contribution in [0.15, 0.2) is 36.9 Å². The zero-order chi connectivity index (χ0) is 12.5. The van der Waals surface area contributed by atoms with Gasteiger partial charge in [-0.1, -0.05) is 31.7 Å². The molecule has 0 aliphatic heterocycles. The molecule has 0 aliphatic carbocycles. The predicted octanol–water partition coefficient (Wildman–Crippen LogP) is 2.11. The van der Waals surface area contributed by atoms with Gasteiger partial charge in [-0.15, -0.1) is 0 Å². The molecule has 1 aromatic rings. The van der Waals surface area contributed by atoms with Crippen LogP contribution in [0, 0.1) is 0 Å². The molecule has 0 saturated carbocycles. The van der Waals surface area contributed by atoms with Crippen molar-refractivity contribution in [3.63, 3.8) is 0 Å². The van der Waals surface area contributed by atoms with E-state index in [0.29, 0.717) is 6.61 Å². The number of ether oxygens (including phenoxy) is 1. The predicted molar refractivity (Wildman–Crippen MR) is 70.1 cm³/mol. The maximum absolute atomic E-state index is 9.08. The van der Waals surface area contributed by atoms with E-state index in [1.807, 2.05) is 24.3 Å². The van der Waals surface area contributed by atoms with Crippen LogP contribution in [0.3, 0.4) is 0 Å². The largest absolute Gasteiger partial charge is 0.490 e. The van der Waals surface area contributed by atoms with Gasteiger partial charge >= 0.3 is 0 Å². The highest BCUT2D eigenvalue weighted by atomic mass is 16.5. The Morgan fingerprint density at radius 1 is 1.53 bits per heavy atom. The quantitative estimate of drug-likeness (QED) is 0.678. The number of nitrogens with one attached hydrogen (secondary N) is 1. The van der Waals surface area contributed by atoms with Crippen LogP contribution in [-0.4, -0.2) is 24.4 Å². The first-order chi connectivity index (χ1) is 8.30. The van der Waals surface area contributed by atoms with Crippen molar-refractivity contribution in [1.82, 2.24) is 5.32 Å². The molecule has 3 nitrogen and oxygen atoms in total. The van der Waals surface area contributed by atoms with Crippen molar-refractivity contribution in [2.75, 3.05) is 13.2 Å². The summed E-state index contributed by atoms with van der Waals surface area (Å²) in [6.07, 6.45) is 2.65. The summed E-state index contributed by atoms with van der Waals surface area (Å²) in [7, 11) is 0. The summed E-state index contributed by atoms with van der Waals surface area (Å²) in [6.45, 7) is 7.10. The van der Waals surface area contributed by atoms with Gasteiger partial charge < -0.3 is 15.2 Å². The number of aliphatic hydroxyl groups is 1. The molecule has 0 radical (unpaired) electrons. The van der Waals surface area contributed by atoms with Gasteiger partial charge in [-0.3, -0.25) is 0 Å². The fraction of sp³-hybridized carbons (Fsp3) is 0.429. The lowest BCUT2D eigenvalue weighted by Crippen LogP contribution is -2.31.